The summed E-state index contributed by atoms with van der Waals surface area (Å²) in [5, 5.41) is 2.60. The third-order valence-corrected chi connectivity index (χ3v) is 1.50. The quantitative estimate of drug-likeness (QED) is 0.700. The molecule has 1 aromatic carbocycles. The van der Waals surface area contributed by atoms with E-state index in [-0.39, 0.29) is 6.67 Å². The summed E-state index contributed by atoms with van der Waals surface area (Å²) in [7, 11) is 0. The fraction of sp³-hybridized carbons (Fsp3) is 0.250. The SMILES string of the molecule is NCNc1cccc(C(F)(F)F)c1. The average Bonchev–Trinajstić information content (AvgIpc) is 2.04. The molecule has 0 saturated carbocycles. The number of halogens is 3. The Hall–Kier alpha value is -1.23. The van der Waals surface area contributed by atoms with Gasteiger partial charge in [0.1, 0.15) is 0 Å². The zero-order valence-electron chi connectivity index (χ0n) is 6.73. The maximum Gasteiger partial charge on any atom is 0.416 e. The van der Waals surface area contributed by atoms with E-state index in [4.69, 9.17) is 5.73 Å². The molecule has 0 fully saturated rings. The van der Waals surface area contributed by atoms with Gasteiger partial charge < -0.3 is 11.1 Å². The van der Waals surface area contributed by atoms with Crippen molar-refractivity contribution in [2.75, 3.05) is 12.0 Å². The summed E-state index contributed by atoms with van der Waals surface area (Å²) in [5.74, 6) is 0. The Balaban J connectivity index is 2.92. The third kappa shape index (κ3) is 2.62. The van der Waals surface area contributed by atoms with Gasteiger partial charge in [0, 0.05) is 5.69 Å². The highest BCUT2D eigenvalue weighted by atomic mass is 19.4. The highest BCUT2D eigenvalue weighted by Gasteiger charge is 2.30. The molecule has 0 aliphatic carbocycles. The van der Waals surface area contributed by atoms with E-state index in [1.54, 1.807) is 0 Å². The van der Waals surface area contributed by atoms with Crippen molar-refractivity contribution in [2.24, 2.45) is 5.73 Å². The lowest BCUT2D eigenvalue weighted by Crippen LogP contribution is -2.12. The molecule has 0 aromatic heterocycles. The number of hydrogen-bond donors (Lipinski definition) is 2. The van der Waals surface area contributed by atoms with Crippen molar-refractivity contribution in [2.45, 2.75) is 6.18 Å². The lowest BCUT2D eigenvalue weighted by molar-refractivity contribution is -0.137. The van der Waals surface area contributed by atoms with Crippen LogP contribution in [0.3, 0.4) is 0 Å². The molecule has 0 unspecified atom stereocenters. The Morgan fingerprint density at radius 1 is 1.31 bits per heavy atom. The molecule has 0 heterocycles. The minimum absolute atomic E-state index is 0.112. The van der Waals surface area contributed by atoms with Crippen LogP contribution in [0.25, 0.3) is 0 Å². The van der Waals surface area contributed by atoms with Gasteiger partial charge in [0.2, 0.25) is 0 Å². The molecular formula is C8H9F3N2. The van der Waals surface area contributed by atoms with E-state index in [1.807, 2.05) is 0 Å². The molecule has 0 radical (unpaired) electrons. The Kier molecular flexibility index (Phi) is 2.77. The zero-order valence-corrected chi connectivity index (χ0v) is 6.73. The molecule has 0 saturated heterocycles. The third-order valence-electron chi connectivity index (χ3n) is 1.50. The number of nitrogens with one attached hydrogen (secondary N) is 1. The Bertz CT molecular complexity index is 283. The lowest BCUT2D eigenvalue weighted by atomic mass is 10.2. The van der Waals surface area contributed by atoms with Gasteiger partial charge in [-0.2, -0.15) is 13.2 Å². The molecule has 13 heavy (non-hydrogen) atoms. The smallest absolute Gasteiger partial charge is 0.373 e. The second-order valence-electron chi connectivity index (χ2n) is 2.46. The molecular weight excluding hydrogens is 181 g/mol. The van der Waals surface area contributed by atoms with Crippen molar-refractivity contribution in [3.63, 3.8) is 0 Å². The summed E-state index contributed by atoms with van der Waals surface area (Å²) in [6.07, 6.45) is -4.30. The molecule has 0 amide bonds. The average molecular weight is 190 g/mol. The highest BCUT2D eigenvalue weighted by molar-refractivity contribution is 5.46. The summed E-state index contributed by atoms with van der Waals surface area (Å²) < 4.78 is 36.4. The Labute approximate surface area is 73.5 Å². The molecule has 1 rings (SSSR count). The van der Waals surface area contributed by atoms with Gasteiger partial charge in [0.05, 0.1) is 12.2 Å². The van der Waals surface area contributed by atoms with Gasteiger partial charge in [-0.25, -0.2) is 0 Å². The number of alkyl halides is 3. The first-order valence-corrected chi connectivity index (χ1v) is 3.65. The summed E-state index contributed by atoms with van der Waals surface area (Å²) in [4.78, 5) is 0. The fourth-order valence-electron chi connectivity index (χ4n) is 0.923. The van der Waals surface area contributed by atoms with Crippen LogP contribution in [0.4, 0.5) is 18.9 Å². The molecule has 0 spiro atoms. The van der Waals surface area contributed by atoms with Crippen LogP contribution in [0.15, 0.2) is 24.3 Å². The summed E-state index contributed by atoms with van der Waals surface area (Å²) in [6.45, 7) is 0.112. The van der Waals surface area contributed by atoms with Gasteiger partial charge in [-0.1, -0.05) is 6.07 Å². The van der Waals surface area contributed by atoms with Gasteiger partial charge >= 0.3 is 6.18 Å². The molecule has 0 aliphatic rings. The van der Waals surface area contributed by atoms with Crippen molar-refractivity contribution >= 4 is 5.69 Å². The van der Waals surface area contributed by atoms with E-state index in [0.717, 1.165) is 12.1 Å². The van der Waals surface area contributed by atoms with Crippen LogP contribution >= 0.6 is 0 Å². The summed E-state index contributed by atoms with van der Waals surface area (Å²) in [6, 6.07) is 4.90. The van der Waals surface area contributed by atoms with Crippen LogP contribution in [0.5, 0.6) is 0 Å². The molecule has 0 bridgehead atoms. The van der Waals surface area contributed by atoms with Gasteiger partial charge in [-0.05, 0) is 18.2 Å². The second-order valence-corrected chi connectivity index (χ2v) is 2.46. The van der Waals surface area contributed by atoms with Crippen LogP contribution in [0.1, 0.15) is 5.56 Å². The van der Waals surface area contributed by atoms with Crippen molar-refractivity contribution in [1.29, 1.82) is 0 Å². The monoisotopic (exact) mass is 190 g/mol. The Morgan fingerprint density at radius 2 is 2.00 bits per heavy atom. The topological polar surface area (TPSA) is 38.0 Å². The van der Waals surface area contributed by atoms with Crippen LogP contribution < -0.4 is 11.1 Å². The maximum atomic E-state index is 12.1. The predicted molar refractivity (Wildman–Crippen MR) is 44.1 cm³/mol. The summed E-state index contributed by atoms with van der Waals surface area (Å²) in [5.41, 5.74) is 4.82. The lowest BCUT2D eigenvalue weighted by Gasteiger charge is -2.08. The highest BCUT2D eigenvalue weighted by Crippen LogP contribution is 2.30. The van der Waals surface area contributed by atoms with E-state index >= 15 is 0 Å². The van der Waals surface area contributed by atoms with Crippen molar-refractivity contribution in [1.82, 2.24) is 0 Å². The first kappa shape index (κ1) is 9.85. The number of benzene rings is 1. The molecule has 5 heteroatoms. The van der Waals surface area contributed by atoms with E-state index < -0.39 is 11.7 Å². The zero-order chi connectivity index (χ0) is 9.90. The number of rotatable bonds is 2. The van der Waals surface area contributed by atoms with Crippen LogP contribution in [0.2, 0.25) is 0 Å². The van der Waals surface area contributed by atoms with E-state index in [1.165, 1.54) is 12.1 Å². The van der Waals surface area contributed by atoms with Crippen molar-refractivity contribution in [3.05, 3.63) is 29.8 Å². The van der Waals surface area contributed by atoms with Gasteiger partial charge in [-0.3, -0.25) is 0 Å². The van der Waals surface area contributed by atoms with Gasteiger partial charge in [0.25, 0.3) is 0 Å². The van der Waals surface area contributed by atoms with Gasteiger partial charge in [-0.15, -0.1) is 0 Å². The van der Waals surface area contributed by atoms with Crippen LogP contribution in [0, 0.1) is 0 Å². The van der Waals surface area contributed by atoms with E-state index in [2.05, 4.69) is 5.32 Å². The molecule has 3 N–H and O–H groups in total. The first-order chi connectivity index (χ1) is 6.04. The number of anilines is 1. The maximum absolute atomic E-state index is 12.1. The van der Waals surface area contributed by atoms with Crippen LogP contribution in [-0.4, -0.2) is 6.67 Å². The molecule has 1 aromatic rings. The largest absolute Gasteiger partial charge is 0.416 e. The Morgan fingerprint density at radius 3 is 2.54 bits per heavy atom. The normalized spacial score (nSPS) is 11.4. The fourth-order valence-corrected chi connectivity index (χ4v) is 0.923. The molecule has 0 atom stereocenters. The number of nitrogens with two attached hydrogens (primary N) is 1. The molecule has 0 aliphatic heterocycles. The minimum atomic E-state index is -4.30. The standard InChI is InChI=1S/C8H9F3N2/c9-8(10,11)6-2-1-3-7(4-6)13-5-12/h1-4,13H,5,12H2. The first-order valence-electron chi connectivity index (χ1n) is 3.65. The summed E-state index contributed by atoms with van der Waals surface area (Å²) >= 11 is 0. The molecule has 2 nitrogen and oxygen atoms in total. The van der Waals surface area contributed by atoms with E-state index in [0.29, 0.717) is 5.69 Å². The van der Waals surface area contributed by atoms with Gasteiger partial charge in [0.15, 0.2) is 0 Å². The predicted octanol–water partition coefficient (Wildman–Crippen LogP) is 2.03. The second kappa shape index (κ2) is 3.66. The van der Waals surface area contributed by atoms with E-state index in [9.17, 15) is 13.2 Å². The minimum Gasteiger partial charge on any atom is -0.373 e. The van der Waals surface area contributed by atoms with Crippen molar-refractivity contribution in [3.8, 4) is 0 Å². The number of hydrogen-bond acceptors (Lipinski definition) is 2. The van der Waals surface area contributed by atoms with Crippen LogP contribution in [-0.2, 0) is 6.18 Å². The molecule has 72 valence electrons. The van der Waals surface area contributed by atoms with Crippen molar-refractivity contribution < 1.29 is 13.2 Å².